The summed E-state index contributed by atoms with van der Waals surface area (Å²) in [6, 6.07) is 4.66. The summed E-state index contributed by atoms with van der Waals surface area (Å²) in [5.74, 6) is 0. The normalized spacial score (nSPS) is 12.2. The number of aliphatic hydroxyl groups excluding tert-OH is 1. The van der Waals surface area contributed by atoms with E-state index in [1.54, 1.807) is 6.07 Å². The van der Waals surface area contributed by atoms with Crippen molar-refractivity contribution in [2.24, 2.45) is 0 Å². The van der Waals surface area contributed by atoms with Gasteiger partial charge in [-0.2, -0.15) is 0 Å². The Morgan fingerprint density at radius 3 is 2.69 bits per heavy atom. The first-order chi connectivity index (χ1) is 7.47. The molecule has 1 unspecified atom stereocenters. The van der Waals surface area contributed by atoms with Gasteiger partial charge in [0.1, 0.15) is 0 Å². The standard InChI is InChI=1S/C11H16N2O3/c1-8-4-5-10(13(15)16)6-11(8)12(3)9(2)7-14/h4-6,9,14H,7H2,1-3H3. The molecule has 1 aromatic carbocycles. The maximum atomic E-state index is 10.7. The molecule has 0 aliphatic carbocycles. The Morgan fingerprint density at radius 1 is 1.56 bits per heavy atom. The largest absolute Gasteiger partial charge is 0.394 e. The molecule has 5 nitrogen and oxygen atoms in total. The molecule has 0 saturated carbocycles. The molecule has 0 radical (unpaired) electrons. The number of likely N-dealkylation sites (N-methyl/N-ethyl adjacent to an activating group) is 1. The molecule has 1 aromatic rings. The Labute approximate surface area is 94.5 Å². The van der Waals surface area contributed by atoms with Crippen LogP contribution in [-0.4, -0.2) is 29.7 Å². The molecule has 1 N–H and O–H groups in total. The van der Waals surface area contributed by atoms with Crippen molar-refractivity contribution in [1.82, 2.24) is 0 Å². The van der Waals surface area contributed by atoms with Gasteiger partial charge in [-0.05, 0) is 19.4 Å². The van der Waals surface area contributed by atoms with E-state index in [0.29, 0.717) is 0 Å². The lowest BCUT2D eigenvalue weighted by atomic mass is 10.1. The first kappa shape index (κ1) is 12.4. The molecule has 0 fully saturated rings. The van der Waals surface area contributed by atoms with E-state index in [0.717, 1.165) is 11.3 Å². The van der Waals surface area contributed by atoms with Gasteiger partial charge < -0.3 is 10.0 Å². The lowest BCUT2D eigenvalue weighted by molar-refractivity contribution is -0.384. The van der Waals surface area contributed by atoms with Crippen LogP contribution in [0.3, 0.4) is 0 Å². The molecule has 0 amide bonds. The highest BCUT2D eigenvalue weighted by Gasteiger charge is 2.15. The molecule has 5 heteroatoms. The van der Waals surface area contributed by atoms with E-state index in [1.807, 2.05) is 25.8 Å². The van der Waals surface area contributed by atoms with Crippen LogP contribution in [0.4, 0.5) is 11.4 Å². The third-order valence-electron chi connectivity index (χ3n) is 2.71. The Hall–Kier alpha value is -1.62. The summed E-state index contributed by atoms with van der Waals surface area (Å²) >= 11 is 0. The van der Waals surface area contributed by atoms with Crippen LogP contribution in [0.15, 0.2) is 18.2 Å². The van der Waals surface area contributed by atoms with Crippen LogP contribution < -0.4 is 4.90 Å². The van der Waals surface area contributed by atoms with Gasteiger partial charge in [0.05, 0.1) is 11.5 Å². The highest BCUT2D eigenvalue weighted by molar-refractivity contribution is 5.58. The number of rotatable bonds is 4. The molecule has 88 valence electrons. The lowest BCUT2D eigenvalue weighted by Gasteiger charge is -2.26. The number of hydrogen-bond donors (Lipinski definition) is 1. The van der Waals surface area contributed by atoms with Crippen molar-refractivity contribution in [3.8, 4) is 0 Å². The van der Waals surface area contributed by atoms with Crippen molar-refractivity contribution in [3.05, 3.63) is 33.9 Å². The SMILES string of the molecule is Cc1ccc([N+](=O)[O-])cc1N(C)C(C)CO. The Bertz CT molecular complexity index is 393. The fourth-order valence-corrected chi connectivity index (χ4v) is 1.45. The second kappa shape index (κ2) is 4.94. The minimum absolute atomic E-state index is 0.0125. The van der Waals surface area contributed by atoms with E-state index < -0.39 is 4.92 Å². The number of aliphatic hydroxyl groups is 1. The number of nitro groups is 1. The van der Waals surface area contributed by atoms with E-state index in [-0.39, 0.29) is 18.3 Å². The maximum absolute atomic E-state index is 10.7. The fraction of sp³-hybridized carbons (Fsp3) is 0.455. The molecule has 0 aliphatic heterocycles. The van der Waals surface area contributed by atoms with Gasteiger partial charge in [-0.3, -0.25) is 10.1 Å². The van der Waals surface area contributed by atoms with Gasteiger partial charge >= 0.3 is 0 Å². The number of anilines is 1. The molecule has 0 heterocycles. The Morgan fingerprint density at radius 2 is 2.19 bits per heavy atom. The van der Waals surface area contributed by atoms with Gasteiger partial charge in [0.15, 0.2) is 0 Å². The molecule has 16 heavy (non-hydrogen) atoms. The number of non-ortho nitro benzene ring substituents is 1. The molecule has 0 saturated heterocycles. The molecule has 0 spiro atoms. The topological polar surface area (TPSA) is 66.6 Å². The van der Waals surface area contributed by atoms with Gasteiger partial charge in [0.25, 0.3) is 5.69 Å². The van der Waals surface area contributed by atoms with Crippen LogP contribution in [0.25, 0.3) is 0 Å². The molecule has 1 atom stereocenters. The minimum atomic E-state index is -0.416. The second-order valence-electron chi connectivity index (χ2n) is 3.87. The molecule has 1 rings (SSSR count). The van der Waals surface area contributed by atoms with E-state index in [9.17, 15) is 10.1 Å². The predicted octanol–water partition coefficient (Wildman–Crippen LogP) is 1.72. The van der Waals surface area contributed by atoms with Crippen molar-refractivity contribution < 1.29 is 10.0 Å². The van der Waals surface area contributed by atoms with E-state index in [4.69, 9.17) is 5.11 Å². The van der Waals surface area contributed by atoms with Gasteiger partial charge in [-0.1, -0.05) is 6.07 Å². The van der Waals surface area contributed by atoms with Crippen LogP contribution in [0.1, 0.15) is 12.5 Å². The van der Waals surface area contributed by atoms with Crippen molar-refractivity contribution in [3.63, 3.8) is 0 Å². The van der Waals surface area contributed by atoms with Gasteiger partial charge in [-0.15, -0.1) is 0 Å². The van der Waals surface area contributed by atoms with Crippen LogP contribution >= 0.6 is 0 Å². The predicted molar refractivity (Wildman–Crippen MR) is 62.8 cm³/mol. The quantitative estimate of drug-likeness (QED) is 0.624. The third-order valence-corrected chi connectivity index (χ3v) is 2.71. The summed E-state index contributed by atoms with van der Waals surface area (Å²) < 4.78 is 0. The zero-order valence-corrected chi connectivity index (χ0v) is 9.67. The molecule has 0 bridgehead atoms. The molecular weight excluding hydrogens is 208 g/mol. The van der Waals surface area contributed by atoms with Crippen LogP contribution in [0, 0.1) is 17.0 Å². The lowest BCUT2D eigenvalue weighted by Crippen LogP contribution is -2.32. The Kier molecular flexibility index (Phi) is 3.84. The monoisotopic (exact) mass is 224 g/mol. The summed E-state index contributed by atoms with van der Waals surface area (Å²) in [5, 5.41) is 19.7. The number of benzene rings is 1. The highest BCUT2D eigenvalue weighted by atomic mass is 16.6. The van der Waals surface area contributed by atoms with Crippen molar-refractivity contribution in [1.29, 1.82) is 0 Å². The summed E-state index contributed by atoms with van der Waals surface area (Å²) in [4.78, 5) is 12.1. The number of nitrogens with zero attached hydrogens (tertiary/aromatic N) is 2. The zero-order valence-electron chi connectivity index (χ0n) is 9.67. The van der Waals surface area contributed by atoms with Gasteiger partial charge in [-0.25, -0.2) is 0 Å². The van der Waals surface area contributed by atoms with Crippen molar-refractivity contribution >= 4 is 11.4 Å². The summed E-state index contributed by atoms with van der Waals surface area (Å²) in [7, 11) is 1.81. The molecule has 0 aromatic heterocycles. The van der Waals surface area contributed by atoms with Crippen molar-refractivity contribution in [2.45, 2.75) is 19.9 Å². The zero-order chi connectivity index (χ0) is 12.3. The molecular formula is C11H16N2O3. The van der Waals surface area contributed by atoms with Crippen LogP contribution in [0.5, 0.6) is 0 Å². The number of aryl methyl sites for hydroxylation is 1. The van der Waals surface area contributed by atoms with Gasteiger partial charge in [0, 0.05) is 30.9 Å². The van der Waals surface area contributed by atoms with E-state index in [2.05, 4.69) is 0 Å². The fourth-order valence-electron chi connectivity index (χ4n) is 1.45. The average molecular weight is 224 g/mol. The first-order valence-corrected chi connectivity index (χ1v) is 5.06. The minimum Gasteiger partial charge on any atom is -0.394 e. The highest BCUT2D eigenvalue weighted by Crippen LogP contribution is 2.25. The first-order valence-electron chi connectivity index (χ1n) is 5.06. The smallest absolute Gasteiger partial charge is 0.271 e. The van der Waals surface area contributed by atoms with E-state index in [1.165, 1.54) is 12.1 Å². The van der Waals surface area contributed by atoms with E-state index >= 15 is 0 Å². The van der Waals surface area contributed by atoms with Gasteiger partial charge in [0.2, 0.25) is 0 Å². The summed E-state index contributed by atoms with van der Waals surface area (Å²) in [6.07, 6.45) is 0. The average Bonchev–Trinajstić information content (AvgIpc) is 2.27. The van der Waals surface area contributed by atoms with Crippen LogP contribution in [0.2, 0.25) is 0 Å². The molecule has 0 aliphatic rings. The van der Waals surface area contributed by atoms with Crippen LogP contribution in [-0.2, 0) is 0 Å². The van der Waals surface area contributed by atoms with Crippen molar-refractivity contribution in [2.75, 3.05) is 18.6 Å². The number of hydrogen-bond acceptors (Lipinski definition) is 4. The maximum Gasteiger partial charge on any atom is 0.271 e. The summed E-state index contributed by atoms with van der Waals surface area (Å²) in [5.41, 5.74) is 1.79. The summed E-state index contributed by atoms with van der Waals surface area (Å²) in [6.45, 7) is 3.76. The third kappa shape index (κ3) is 2.49. The second-order valence-corrected chi connectivity index (χ2v) is 3.87. The Balaban J connectivity index is 3.11. The number of nitro benzene ring substituents is 1.